The van der Waals surface area contributed by atoms with Crippen molar-refractivity contribution in [1.82, 2.24) is 0 Å². The monoisotopic (exact) mass is 248 g/mol. The van der Waals surface area contributed by atoms with E-state index in [-0.39, 0.29) is 17.9 Å². The van der Waals surface area contributed by atoms with E-state index in [1.807, 2.05) is 26.0 Å². The normalized spacial score (nSPS) is 14.4. The van der Waals surface area contributed by atoms with Crippen LogP contribution in [0.25, 0.3) is 0 Å². The lowest BCUT2D eigenvalue weighted by Gasteiger charge is -2.23. The van der Waals surface area contributed by atoms with Gasteiger partial charge in [0, 0.05) is 18.8 Å². The molecule has 1 rings (SSSR count). The Bertz CT molecular complexity index is 395. The average Bonchev–Trinajstić information content (AvgIpc) is 2.36. The first kappa shape index (κ1) is 14.7. The lowest BCUT2D eigenvalue weighted by molar-refractivity contribution is -0.122. The van der Waals surface area contributed by atoms with Crippen molar-refractivity contribution in [2.45, 2.75) is 39.7 Å². The van der Waals surface area contributed by atoms with Gasteiger partial charge in [0.25, 0.3) is 0 Å². The molecule has 0 aliphatic carbocycles. The molecule has 0 saturated carbocycles. The van der Waals surface area contributed by atoms with Crippen molar-refractivity contribution in [3.05, 3.63) is 29.8 Å². The SMILES string of the molecule is CC(C)c1ccc(N(C)C(=O)C(C)C(C)N)cc1. The van der Waals surface area contributed by atoms with E-state index in [1.54, 1.807) is 11.9 Å². The Morgan fingerprint density at radius 1 is 1.11 bits per heavy atom. The van der Waals surface area contributed by atoms with E-state index in [1.165, 1.54) is 5.56 Å². The first-order valence-corrected chi connectivity index (χ1v) is 6.47. The van der Waals surface area contributed by atoms with E-state index in [0.29, 0.717) is 5.92 Å². The van der Waals surface area contributed by atoms with Crippen LogP contribution in [0, 0.1) is 5.92 Å². The maximum absolute atomic E-state index is 12.1. The van der Waals surface area contributed by atoms with Gasteiger partial charge in [-0.15, -0.1) is 0 Å². The number of amides is 1. The maximum atomic E-state index is 12.1. The minimum absolute atomic E-state index is 0.0577. The van der Waals surface area contributed by atoms with Crippen LogP contribution in [-0.4, -0.2) is 19.0 Å². The Kier molecular flexibility index (Phi) is 4.91. The molecule has 18 heavy (non-hydrogen) atoms. The van der Waals surface area contributed by atoms with E-state index >= 15 is 0 Å². The number of rotatable bonds is 4. The fraction of sp³-hybridized carbons (Fsp3) is 0.533. The van der Waals surface area contributed by atoms with Gasteiger partial charge in [0.2, 0.25) is 5.91 Å². The molecule has 3 heteroatoms. The Morgan fingerprint density at radius 2 is 1.61 bits per heavy atom. The van der Waals surface area contributed by atoms with Crippen LogP contribution in [0.5, 0.6) is 0 Å². The van der Waals surface area contributed by atoms with Crippen LogP contribution in [0.2, 0.25) is 0 Å². The third kappa shape index (κ3) is 3.33. The molecule has 0 fully saturated rings. The number of hydrogen-bond donors (Lipinski definition) is 1. The molecule has 0 aromatic heterocycles. The summed E-state index contributed by atoms with van der Waals surface area (Å²) >= 11 is 0. The predicted molar refractivity (Wildman–Crippen MR) is 76.8 cm³/mol. The summed E-state index contributed by atoms with van der Waals surface area (Å²) in [6.45, 7) is 8.04. The van der Waals surface area contributed by atoms with Gasteiger partial charge in [0.15, 0.2) is 0 Å². The summed E-state index contributed by atoms with van der Waals surface area (Å²) in [5.74, 6) is 0.394. The number of nitrogens with zero attached hydrogens (tertiary/aromatic N) is 1. The highest BCUT2D eigenvalue weighted by atomic mass is 16.2. The average molecular weight is 248 g/mol. The molecule has 100 valence electrons. The second-order valence-corrected chi connectivity index (χ2v) is 5.29. The Hall–Kier alpha value is -1.35. The van der Waals surface area contributed by atoms with E-state index in [0.717, 1.165) is 5.69 Å². The molecule has 2 unspecified atom stereocenters. The van der Waals surface area contributed by atoms with Crippen LogP contribution in [0.3, 0.4) is 0 Å². The summed E-state index contributed by atoms with van der Waals surface area (Å²) in [4.78, 5) is 13.8. The molecule has 0 spiro atoms. The fourth-order valence-corrected chi connectivity index (χ4v) is 1.74. The predicted octanol–water partition coefficient (Wildman–Crippen LogP) is 2.76. The van der Waals surface area contributed by atoms with E-state index in [4.69, 9.17) is 5.73 Å². The molecule has 1 aromatic rings. The van der Waals surface area contributed by atoms with Crippen LogP contribution in [0.1, 0.15) is 39.2 Å². The highest BCUT2D eigenvalue weighted by Crippen LogP contribution is 2.20. The van der Waals surface area contributed by atoms with Gasteiger partial charge in [-0.05, 0) is 30.5 Å². The van der Waals surface area contributed by atoms with Gasteiger partial charge in [-0.1, -0.05) is 32.9 Å². The molecule has 2 N–H and O–H groups in total. The maximum Gasteiger partial charge on any atom is 0.231 e. The van der Waals surface area contributed by atoms with Crippen LogP contribution in [0.15, 0.2) is 24.3 Å². The van der Waals surface area contributed by atoms with Crippen molar-refractivity contribution in [3.8, 4) is 0 Å². The van der Waals surface area contributed by atoms with Gasteiger partial charge in [0.1, 0.15) is 0 Å². The Morgan fingerprint density at radius 3 is 2.00 bits per heavy atom. The lowest BCUT2D eigenvalue weighted by Crippen LogP contribution is -2.39. The minimum Gasteiger partial charge on any atom is -0.327 e. The second-order valence-electron chi connectivity index (χ2n) is 5.29. The molecular formula is C15H24N2O. The van der Waals surface area contributed by atoms with Crippen molar-refractivity contribution in [2.24, 2.45) is 11.7 Å². The number of nitrogens with two attached hydrogens (primary N) is 1. The quantitative estimate of drug-likeness (QED) is 0.890. The topological polar surface area (TPSA) is 46.3 Å². The van der Waals surface area contributed by atoms with Crippen LogP contribution < -0.4 is 10.6 Å². The standard InChI is InChI=1S/C15H24N2O/c1-10(2)13-6-8-14(9-7-13)17(5)15(18)11(3)12(4)16/h6-12H,16H2,1-5H3. The van der Waals surface area contributed by atoms with Crippen LogP contribution in [-0.2, 0) is 4.79 Å². The molecule has 1 amide bonds. The van der Waals surface area contributed by atoms with E-state index in [2.05, 4.69) is 26.0 Å². The molecule has 0 bridgehead atoms. The number of carbonyl (C=O) groups is 1. The van der Waals surface area contributed by atoms with Gasteiger partial charge in [0.05, 0.1) is 5.92 Å². The first-order valence-electron chi connectivity index (χ1n) is 6.47. The van der Waals surface area contributed by atoms with Crippen molar-refractivity contribution in [1.29, 1.82) is 0 Å². The highest BCUT2D eigenvalue weighted by Gasteiger charge is 2.21. The first-order chi connectivity index (χ1) is 8.34. The van der Waals surface area contributed by atoms with Gasteiger partial charge >= 0.3 is 0 Å². The summed E-state index contributed by atoms with van der Waals surface area (Å²) in [5.41, 5.74) is 7.96. The van der Waals surface area contributed by atoms with Crippen LogP contribution >= 0.6 is 0 Å². The fourth-order valence-electron chi connectivity index (χ4n) is 1.74. The molecular weight excluding hydrogens is 224 g/mol. The van der Waals surface area contributed by atoms with E-state index in [9.17, 15) is 4.79 Å². The molecule has 0 radical (unpaired) electrons. The molecule has 3 nitrogen and oxygen atoms in total. The minimum atomic E-state index is -0.167. The molecule has 0 aliphatic heterocycles. The van der Waals surface area contributed by atoms with Gasteiger partial charge in [-0.2, -0.15) is 0 Å². The van der Waals surface area contributed by atoms with Crippen LogP contribution in [0.4, 0.5) is 5.69 Å². The summed E-state index contributed by atoms with van der Waals surface area (Å²) in [7, 11) is 1.80. The van der Waals surface area contributed by atoms with Gasteiger partial charge in [-0.3, -0.25) is 4.79 Å². The van der Waals surface area contributed by atoms with Crippen molar-refractivity contribution in [3.63, 3.8) is 0 Å². The summed E-state index contributed by atoms with van der Waals surface area (Å²) in [6.07, 6.45) is 0. The number of hydrogen-bond acceptors (Lipinski definition) is 2. The van der Waals surface area contributed by atoms with Gasteiger partial charge < -0.3 is 10.6 Å². The van der Waals surface area contributed by atoms with Gasteiger partial charge in [-0.25, -0.2) is 0 Å². The summed E-state index contributed by atoms with van der Waals surface area (Å²) in [6, 6.07) is 7.98. The molecule has 0 aliphatic rings. The number of anilines is 1. The molecule has 2 atom stereocenters. The molecule has 1 aromatic carbocycles. The largest absolute Gasteiger partial charge is 0.327 e. The molecule has 0 heterocycles. The highest BCUT2D eigenvalue weighted by molar-refractivity contribution is 5.94. The zero-order valence-corrected chi connectivity index (χ0v) is 12.0. The molecule has 0 saturated heterocycles. The third-order valence-electron chi connectivity index (χ3n) is 3.46. The van der Waals surface area contributed by atoms with E-state index < -0.39 is 0 Å². The zero-order valence-electron chi connectivity index (χ0n) is 12.0. The lowest BCUT2D eigenvalue weighted by atomic mass is 10.0. The summed E-state index contributed by atoms with van der Waals surface area (Å²) < 4.78 is 0. The van der Waals surface area contributed by atoms with Crippen molar-refractivity contribution < 1.29 is 4.79 Å². The number of carbonyl (C=O) groups excluding carboxylic acids is 1. The van der Waals surface area contributed by atoms with Crippen molar-refractivity contribution >= 4 is 11.6 Å². The Labute approximate surface area is 110 Å². The smallest absolute Gasteiger partial charge is 0.231 e. The Balaban J connectivity index is 2.84. The summed E-state index contributed by atoms with van der Waals surface area (Å²) in [5, 5.41) is 0. The third-order valence-corrected chi connectivity index (χ3v) is 3.46. The van der Waals surface area contributed by atoms with Crippen molar-refractivity contribution in [2.75, 3.05) is 11.9 Å². The zero-order chi connectivity index (χ0) is 13.9. The second kappa shape index (κ2) is 6.01. The number of benzene rings is 1.